The fourth-order valence-corrected chi connectivity index (χ4v) is 4.64. The van der Waals surface area contributed by atoms with E-state index in [1.807, 2.05) is 0 Å². The Morgan fingerprint density at radius 3 is 1.41 bits per heavy atom. The molecule has 2 atom stereocenters. The van der Waals surface area contributed by atoms with Crippen molar-refractivity contribution in [3.8, 4) is 11.5 Å². The number of para-hydroxylation sites is 1. The monoisotopic (exact) mass is 522 g/mol. The van der Waals surface area contributed by atoms with Gasteiger partial charge in [0.05, 0.1) is 9.79 Å². The summed E-state index contributed by atoms with van der Waals surface area (Å²) in [6, 6.07) is 14.0. The molecule has 0 amide bonds. The lowest BCUT2D eigenvalue weighted by molar-refractivity contribution is -0.527. The van der Waals surface area contributed by atoms with Gasteiger partial charge in [0.1, 0.15) is 11.5 Å². The van der Waals surface area contributed by atoms with E-state index >= 15 is 8.78 Å². The first kappa shape index (κ1) is 24.2. The normalized spacial score (nSPS) is 25.3. The van der Waals surface area contributed by atoms with Crippen molar-refractivity contribution in [2.75, 3.05) is 0 Å². The van der Waals surface area contributed by atoms with Crippen molar-refractivity contribution in [2.45, 2.75) is 33.3 Å². The summed E-state index contributed by atoms with van der Waals surface area (Å²) in [5.74, 6) is -22.5. The molecule has 0 heterocycles. The zero-order valence-electron chi connectivity index (χ0n) is 16.7. The van der Waals surface area contributed by atoms with Crippen molar-refractivity contribution in [1.82, 2.24) is 0 Å². The van der Waals surface area contributed by atoms with Gasteiger partial charge in [0.25, 0.3) is 0 Å². The highest BCUT2D eigenvalue weighted by Crippen LogP contribution is 2.68. The van der Waals surface area contributed by atoms with Gasteiger partial charge in [0, 0.05) is 5.02 Å². The number of sulfone groups is 1. The van der Waals surface area contributed by atoms with Crippen molar-refractivity contribution in [2.24, 2.45) is 0 Å². The third-order valence-electron chi connectivity index (χ3n) is 5.13. The summed E-state index contributed by atoms with van der Waals surface area (Å²) in [7, 11) is -4.09. The number of benzene rings is 3. The maximum absolute atomic E-state index is 15.2. The lowest BCUT2D eigenvalue weighted by atomic mass is 9.76. The Balaban J connectivity index is 1.64. The van der Waals surface area contributed by atoms with Gasteiger partial charge in [0.15, 0.2) is 0 Å². The molecule has 1 fully saturated rings. The molecule has 3 aromatic rings. The van der Waals surface area contributed by atoms with Crippen LogP contribution in [-0.4, -0.2) is 32.0 Å². The minimum atomic E-state index is -5.61. The molecule has 180 valence electrons. The molecule has 0 saturated heterocycles. The van der Waals surface area contributed by atoms with E-state index in [1.165, 1.54) is 42.5 Å². The third-order valence-corrected chi connectivity index (χ3v) is 7.17. The third kappa shape index (κ3) is 3.32. The molecule has 4 nitrogen and oxygen atoms in total. The number of hydrogen-bond donors (Lipinski definition) is 0. The molecule has 3 aromatic carbocycles. The summed E-state index contributed by atoms with van der Waals surface area (Å²) in [5, 5.41) is 0.279. The summed E-state index contributed by atoms with van der Waals surface area (Å²) in [4.78, 5) is -0.510. The molecule has 0 bridgehead atoms. The van der Waals surface area contributed by atoms with Crippen molar-refractivity contribution in [3.05, 3.63) is 83.9 Å². The molecule has 1 saturated carbocycles. The van der Waals surface area contributed by atoms with Crippen LogP contribution in [0.25, 0.3) is 0 Å². The molecule has 0 aliphatic heterocycles. The van der Waals surface area contributed by atoms with Gasteiger partial charge in [-0.15, -0.1) is 0 Å². The van der Waals surface area contributed by atoms with Gasteiger partial charge >= 0.3 is 23.6 Å². The standard InChI is InChI=1S/C22H13ClF6O4S/c23-14-6-10-17(11-7-14)34(30,31)18-12-8-16(9-13-18)33-22(29)20(26,27)19(24,25)21(22,28)32-15-4-2-1-3-5-15/h1-13H. The van der Waals surface area contributed by atoms with Gasteiger partial charge in [-0.05, 0) is 60.7 Å². The fraction of sp³-hybridized carbons (Fsp3) is 0.182. The molecule has 0 N–H and O–H groups in total. The molecule has 1 aliphatic rings. The van der Waals surface area contributed by atoms with E-state index in [0.29, 0.717) is 0 Å². The van der Waals surface area contributed by atoms with E-state index in [-0.39, 0.29) is 14.8 Å². The fourth-order valence-electron chi connectivity index (χ4n) is 3.25. The molecular formula is C22H13ClF6O4S. The maximum atomic E-state index is 15.2. The van der Waals surface area contributed by atoms with Crippen LogP contribution in [-0.2, 0) is 9.84 Å². The predicted molar refractivity (Wildman–Crippen MR) is 109 cm³/mol. The van der Waals surface area contributed by atoms with Gasteiger partial charge in [0.2, 0.25) is 9.84 Å². The van der Waals surface area contributed by atoms with E-state index in [9.17, 15) is 26.0 Å². The molecule has 2 unspecified atom stereocenters. The van der Waals surface area contributed by atoms with Crippen LogP contribution in [0.2, 0.25) is 5.02 Å². The zero-order valence-corrected chi connectivity index (χ0v) is 18.3. The summed E-state index contributed by atoms with van der Waals surface area (Å²) in [5.41, 5.74) is 0. The van der Waals surface area contributed by atoms with Crippen LogP contribution in [0.1, 0.15) is 0 Å². The Kier molecular flexibility index (Phi) is 5.56. The van der Waals surface area contributed by atoms with Crippen molar-refractivity contribution >= 4 is 21.4 Å². The van der Waals surface area contributed by atoms with Crippen LogP contribution in [0.5, 0.6) is 11.5 Å². The second-order valence-corrected chi connectivity index (χ2v) is 9.67. The first-order valence-corrected chi connectivity index (χ1v) is 11.3. The molecule has 4 rings (SSSR count). The second-order valence-electron chi connectivity index (χ2n) is 7.29. The first-order valence-electron chi connectivity index (χ1n) is 9.43. The Morgan fingerprint density at radius 1 is 0.588 bits per heavy atom. The van der Waals surface area contributed by atoms with Crippen LogP contribution in [0, 0.1) is 0 Å². The highest BCUT2D eigenvalue weighted by atomic mass is 35.5. The number of alkyl halides is 6. The van der Waals surface area contributed by atoms with Gasteiger partial charge in [-0.1, -0.05) is 29.8 Å². The SMILES string of the molecule is O=S(=O)(c1ccc(Cl)cc1)c1ccc(OC2(F)C(F)(F)C(F)(F)C2(F)Oc2ccccc2)cc1. The van der Waals surface area contributed by atoms with Gasteiger partial charge < -0.3 is 9.47 Å². The van der Waals surface area contributed by atoms with Crippen molar-refractivity contribution < 1.29 is 44.2 Å². The Morgan fingerprint density at radius 2 is 0.971 bits per heavy atom. The molecular weight excluding hydrogens is 510 g/mol. The van der Waals surface area contributed by atoms with Gasteiger partial charge in [-0.2, -0.15) is 26.3 Å². The van der Waals surface area contributed by atoms with E-state index in [1.54, 1.807) is 0 Å². The highest BCUT2D eigenvalue weighted by molar-refractivity contribution is 7.91. The lowest BCUT2D eigenvalue weighted by Gasteiger charge is -2.55. The topological polar surface area (TPSA) is 52.6 Å². The number of ether oxygens (including phenoxy) is 2. The minimum Gasteiger partial charge on any atom is -0.447 e. The summed E-state index contributed by atoms with van der Waals surface area (Å²) in [6.45, 7) is 0. The highest BCUT2D eigenvalue weighted by Gasteiger charge is 3.03. The summed E-state index contributed by atoms with van der Waals surface area (Å²) in [6.07, 6.45) is 0. The molecule has 0 spiro atoms. The average molecular weight is 523 g/mol. The Labute approximate surface area is 194 Å². The van der Waals surface area contributed by atoms with Crippen LogP contribution in [0.4, 0.5) is 26.3 Å². The Hall–Kier alpha value is -2.92. The van der Waals surface area contributed by atoms with Gasteiger partial charge in [-0.25, -0.2) is 8.42 Å². The average Bonchev–Trinajstić information content (AvgIpc) is 2.79. The van der Waals surface area contributed by atoms with Gasteiger partial charge in [-0.3, -0.25) is 0 Å². The van der Waals surface area contributed by atoms with Crippen molar-refractivity contribution in [1.29, 1.82) is 0 Å². The zero-order chi connectivity index (χ0) is 25.0. The largest absolute Gasteiger partial charge is 0.447 e. The molecule has 1 aliphatic carbocycles. The number of hydrogen-bond acceptors (Lipinski definition) is 4. The van der Waals surface area contributed by atoms with Crippen LogP contribution >= 0.6 is 11.6 Å². The van der Waals surface area contributed by atoms with Crippen molar-refractivity contribution in [3.63, 3.8) is 0 Å². The number of halogens is 7. The number of rotatable bonds is 6. The van der Waals surface area contributed by atoms with Crippen LogP contribution in [0.15, 0.2) is 88.7 Å². The lowest BCUT2D eigenvalue weighted by Crippen LogP contribution is -2.89. The molecule has 0 aromatic heterocycles. The molecule has 12 heteroatoms. The van der Waals surface area contributed by atoms with E-state index in [2.05, 4.69) is 9.47 Å². The Bertz CT molecular complexity index is 1300. The summed E-state index contributed by atoms with van der Waals surface area (Å²) < 4.78 is 120. The predicted octanol–water partition coefficient (Wildman–Crippen LogP) is 6.25. The van der Waals surface area contributed by atoms with Crippen LogP contribution < -0.4 is 9.47 Å². The quantitative estimate of drug-likeness (QED) is 0.359. The molecule has 34 heavy (non-hydrogen) atoms. The van der Waals surface area contributed by atoms with E-state index in [0.717, 1.165) is 36.4 Å². The maximum Gasteiger partial charge on any atom is 0.395 e. The second kappa shape index (κ2) is 7.81. The first-order chi connectivity index (χ1) is 15.8. The van der Waals surface area contributed by atoms with E-state index < -0.39 is 44.9 Å². The van der Waals surface area contributed by atoms with Crippen LogP contribution in [0.3, 0.4) is 0 Å². The minimum absolute atomic E-state index is 0.156. The summed E-state index contributed by atoms with van der Waals surface area (Å²) >= 11 is 5.72. The smallest absolute Gasteiger partial charge is 0.395 e. The molecule has 0 radical (unpaired) electrons. The van der Waals surface area contributed by atoms with E-state index in [4.69, 9.17) is 11.6 Å².